The summed E-state index contributed by atoms with van der Waals surface area (Å²) in [5, 5.41) is 12.7. The van der Waals surface area contributed by atoms with Gasteiger partial charge in [-0.1, -0.05) is 18.2 Å². The molecule has 1 aliphatic rings. The van der Waals surface area contributed by atoms with Crippen LogP contribution < -0.4 is 5.32 Å². The van der Waals surface area contributed by atoms with Gasteiger partial charge in [0.05, 0.1) is 19.0 Å². The summed E-state index contributed by atoms with van der Waals surface area (Å²) in [7, 11) is 0. The summed E-state index contributed by atoms with van der Waals surface area (Å²) < 4.78 is 15.0. The summed E-state index contributed by atoms with van der Waals surface area (Å²) in [5.41, 5.74) is 2.54. The zero-order chi connectivity index (χ0) is 23.9. The largest absolute Gasteiger partial charge is 0.346 e. The molecule has 0 saturated carbocycles. The van der Waals surface area contributed by atoms with Crippen LogP contribution in [0.2, 0.25) is 0 Å². The molecule has 0 aliphatic carbocycles. The quantitative estimate of drug-likeness (QED) is 0.549. The van der Waals surface area contributed by atoms with Gasteiger partial charge < -0.3 is 14.8 Å². The second-order valence-electron chi connectivity index (χ2n) is 8.19. The van der Waals surface area contributed by atoms with Gasteiger partial charge in [-0.3, -0.25) is 14.5 Å². The van der Waals surface area contributed by atoms with Crippen LogP contribution in [-0.4, -0.2) is 58.9 Å². The second kappa shape index (κ2) is 10.8. The lowest BCUT2D eigenvalue weighted by Crippen LogP contribution is -2.50. The van der Waals surface area contributed by atoms with E-state index in [9.17, 15) is 14.0 Å². The number of rotatable bonds is 7. The van der Waals surface area contributed by atoms with E-state index in [2.05, 4.69) is 11.4 Å². The maximum absolute atomic E-state index is 13.0. The minimum Gasteiger partial charge on any atom is -0.346 e. The number of nitrogens with one attached hydrogen (secondary N) is 1. The Morgan fingerprint density at radius 2 is 1.79 bits per heavy atom. The molecule has 1 fully saturated rings. The van der Waals surface area contributed by atoms with Gasteiger partial charge in [-0.05, 0) is 36.4 Å². The molecular formula is C26H26FN5O2. The van der Waals surface area contributed by atoms with Gasteiger partial charge >= 0.3 is 0 Å². The Morgan fingerprint density at radius 3 is 2.53 bits per heavy atom. The number of halogens is 1. The van der Waals surface area contributed by atoms with Gasteiger partial charge in [0.2, 0.25) is 11.8 Å². The molecule has 1 saturated heterocycles. The fraction of sp³-hybridized carbons (Fsp3) is 0.269. The van der Waals surface area contributed by atoms with Crippen molar-refractivity contribution in [1.82, 2.24) is 14.4 Å². The van der Waals surface area contributed by atoms with E-state index < -0.39 is 0 Å². The van der Waals surface area contributed by atoms with Gasteiger partial charge in [0.25, 0.3) is 0 Å². The highest BCUT2D eigenvalue weighted by atomic mass is 19.1. The fourth-order valence-corrected chi connectivity index (χ4v) is 4.09. The lowest BCUT2D eigenvalue weighted by Gasteiger charge is -2.33. The summed E-state index contributed by atoms with van der Waals surface area (Å²) in [6.07, 6.45) is 5.82. The normalized spacial score (nSPS) is 14.4. The highest BCUT2D eigenvalue weighted by Gasteiger charge is 2.21. The third kappa shape index (κ3) is 5.69. The van der Waals surface area contributed by atoms with Crippen LogP contribution >= 0.6 is 0 Å². The van der Waals surface area contributed by atoms with Crippen molar-refractivity contribution >= 4 is 34.5 Å². The van der Waals surface area contributed by atoms with Crippen LogP contribution in [0.15, 0.2) is 60.8 Å². The molecule has 8 heteroatoms. The van der Waals surface area contributed by atoms with Crippen LogP contribution in [0.25, 0.3) is 17.0 Å². The number of hydrogen-bond acceptors (Lipinski definition) is 4. The predicted molar refractivity (Wildman–Crippen MR) is 129 cm³/mol. The van der Waals surface area contributed by atoms with Crippen molar-refractivity contribution in [3.8, 4) is 6.07 Å². The molecule has 7 nitrogen and oxygen atoms in total. The second-order valence-corrected chi connectivity index (χ2v) is 8.19. The molecule has 2 aromatic carbocycles. The standard InChI is InChI=1S/C26H26FN5O2/c27-21-7-9-22(10-8-21)29-25(33)19-30-14-16-31(17-15-30)26(34)11-6-20-18-32(13-3-12-28)24-5-2-1-4-23(20)24/h1-2,4-11,18H,3,13-17,19H2,(H,29,33)/b11-6+. The van der Waals surface area contributed by atoms with Crippen molar-refractivity contribution in [1.29, 1.82) is 5.26 Å². The molecule has 1 N–H and O–H groups in total. The highest BCUT2D eigenvalue weighted by molar-refractivity contribution is 5.96. The molecular weight excluding hydrogens is 433 g/mol. The summed E-state index contributed by atoms with van der Waals surface area (Å²) in [5.74, 6) is -0.582. The summed E-state index contributed by atoms with van der Waals surface area (Å²) in [6.45, 7) is 3.11. The van der Waals surface area contributed by atoms with Gasteiger partial charge in [0, 0.05) is 67.2 Å². The molecule has 0 radical (unpaired) electrons. The van der Waals surface area contributed by atoms with E-state index in [1.807, 2.05) is 46.0 Å². The lowest BCUT2D eigenvalue weighted by atomic mass is 10.1. The number of hydrogen-bond donors (Lipinski definition) is 1. The number of anilines is 1. The molecule has 2 amide bonds. The lowest BCUT2D eigenvalue weighted by molar-refractivity contribution is -0.127. The zero-order valence-electron chi connectivity index (χ0n) is 18.8. The maximum Gasteiger partial charge on any atom is 0.246 e. The fourth-order valence-electron chi connectivity index (χ4n) is 4.09. The van der Waals surface area contributed by atoms with Gasteiger partial charge in [-0.25, -0.2) is 4.39 Å². The van der Waals surface area contributed by atoms with Gasteiger partial charge in [-0.2, -0.15) is 5.26 Å². The van der Waals surface area contributed by atoms with Crippen LogP contribution in [0.3, 0.4) is 0 Å². The first-order valence-electron chi connectivity index (χ1n) is 11.2. The smallest absolute Gasteiger partial charge is 0.246 e. The topological polar surface area (TPSA) is 81.4 Å². The third-order valence-electron chi connectivity index (χ3n) is 5.87. The number of para-hydroxylation sites is 1. The van der Waals surface area contributed by atoms with Gasteiger partial charge in [-0.15, -0.1) is 0 Å². The van der Waals surface area contributed by atoms with Crippen molar-refractivity contribution in [2.24, 2.45) is 0 Å². The Bertz CT molecular complexity index is 1230. The Labute approximate surface area is 197 Å². The molecule has 174 valence electrons. The Hall–Kier alpha value is -3.96. The summed E-state index contributed by atoms with van der Waals surface area (Å²) >= 11 is 0. The molecule has 0 spiro atoms. The number of carbonyl (C=O) groups is 2. The van der Waals surface area contributed by atoms with E-state index in [0.29, 0.717) is 44.8 Å². The number of fused-ring (bicyclic) bond motifs is 1. The molecule has 4 rings (SSSR count). The van der Waals surface area contributed by atoms with Crippen molar-refractivity contribution < 1.29 is 14.0 Å². The first-order valence-corrected chi connectivity index (χ1v) is 11.2. The number of carbonyl (C=O) groups excluding carboxylic acids is 2. The Balaban J connectivity index is 1.30. The van der Waals surface area contributed by atoms with Crippen molar-refractivity contribution in [3.05, 3.63) is 72.2 Å². The minimum absolute atomic E-state index is 0.0655. The molecule has 0 atom stereocenters. The first kappa shape index (κ1) is 23.2. The van der Waals surface area contributed by atoms with Crippen LogP contribution in [0.4, 0.5) is 10.1 Å². The predicted octanol–water partition coefficient (Wildman–Crippen LogP) is 3.49. The van der Waals surface area contributed by atoms with Gasteiger partial charge in [0.15, 0.2) is 0 Å². The van der Waals surface area contributed by atoms with Crippen LogP contribution in [0.1, 0.15) is 12.0 Å². The monoisotopic (exact) mass is 459 g/mol. The average Bonchev–Trinajstić information content (AvgIpc) is 3.21. The van der Waals surface area contributed by atoms with Crippen LogP contribution in [0, 0.1) is 17.1 Å². The first-order chi connectivity index (χ1) is 16.5. The minimum atomic E-state index is -0.349. The van der Waals surface area contributed by atoms with Crippen LogP contribution in [0.5, 0.6) is 0 Å². The number of aromatic nitrogens is 1. The van der Waals surface area contributed by atoms with Crippen molar-refractivity contribution in [2.75, 3.05) is 38.0 Å². The van der Waals surface area contributed by atoms with E-state index in [0.717, 1.165) is 16.5 Å². The maximum atomic E-state index is 13.0. The molecule has 0 unspecified atom stereocenters. The zero-order valence-corrected chi connectivity index (χ0v) is 18.8. The van der Waals surface area contributed by atoms with E-state index >= 15 is 0 Å². The number of aryl methyl sites for hydroxylation is 1. The summed E-state index contributed by atoms with van der Waals surface area (Å²) in [4.78, 5) is 28.8. The number of piperazine rings is 1. The van der Waals surface area contributed by atoms with Crippen molar-refractivity contribution in [3.63, 3.8) is 0 Å². The molecule has 2 heterocycles. The van der Waals surface area contributed by atoms with E-state index in [-0.39, 0.29) is 24.2 Å². The number of benzene rings is 2. The van der Waals surface area contributed by atoms with E-state index in [1.54, 1.807) is 11.0 Å². The molecule has 34 heavy (non-hydrogen) atoms. The van der Waals surface area contributed by atoms with Crippen LogP contribution in [-0.2, 0) is 16.1 Å². The number of nitriles is 1. The Kier molecular flexibility index (Phi) is 7.35. The molecule has 0 bridgehead atoms. The highest BCUT2D eigenvalue weighted by Crippen LogP contribution is 2.23. The SMILES string of the molecule is N#CCCn1cc(/C=C/C(=O)N2CCN(CC(=O)Nc3ccc(F)cc3)CC2)c2ccccc21. The third-order valence-corrected chi connectivity index (χ3v) is 5.87. The van der Waals surface area contributed by atoms with Crippen molar-refractivity contribution in [2.45, 2.75) is 13.0 Å². The summed E-state index contributed by atoms with van der Waals surface area (Å²) in [6, 6.07) is 15.8. The molecule has 1 aromatic heterocycles. The molecule has 3 aromatic rings. The van der Waals surface area contributed by atoms with E-state index in [1.165, 1.54) is 24.3 Å². The van der Waals surface area contributed by atoms with Gasteiger partial charge in [0.1, 0.15) is 5.82 Å². The number of nitrogens with zero attached hydrogens (tertiary/aromatic N) is 4. The van der Waals surface area contributed by atoms with E-state index in [4.69, 9.17) is 5.26 Å². The number of amides is 2. The molecule has 1 aliphatic heterocycles. The average molecular weight is 460 g/mol. The Morgan fingerprint density at radius 1 is 1.06 bits per heavy atom.